The largest absolute Gasteiger partial charge is 0.381 e. The third-order valence-corrected chi connectivity index (χ3v) is 5.49. The number of pyridine rings is 1. The van der Waals surface area contributed by atoms with Crippen LogP contribution in [0.2, 0.25) is 0 Å². The average molecular weight is 457 g/mol. The van der Waals surface area contributed by atoms with E-state index in [4.69, 9.17) is 0 Å². The molecule has 0 spiro atoms. The summed E-state index contributed by atoms with van der Waals surface area (Å²) in [6.07, 6.45) is 2.00. The fraction of sp³-hybridized carbons (Fsp3) is 0.348. The van der Waals surface area contributed by atoms with Crippen molar-refractivity contribution in [2.45, 2.75) is 44.2 Å². The van der Waals surface area contributed by atoms with Crippen molar-refractivity contribution >= 4 is 35.3 Å². The van der Waals surface area contributed by atoms with Gasteiger partial charge in [-0.1, -0.05) is 38.1 Å². The van der Waals surface area contributed by atoms with Crippen LogP contribution in [0.3, 0.4) is 0 Å². The lowest BCUT2D eigenvalue weighted by molar-refractivity contribution is -0.124. The molecule has 0 bridgehead atoms. The first-order valence-electron chi connectivity index (χ1n) is 10.5. The Kier molecular flexibility index (Phi) is 7.76. The number of fused-ring (bicyclic) bond motifs is 1. The van der Waals surface area contributed by atoms with Crippen LogP contribution in [0, 0.1) is 5.92 Å². The summed E-state index contributed by atoms with van der Waals surface area (Å²) in [5.41, 5.74) is 0.103. The number of thiol groups is 1. The molecule has 0 unspecified atom stereocenters. The molecule has 0 aliphatic rings. The Balaban J connectivity index is 1.74. The summed E-state index contributed by atoms with van der Waals surface area (Å²) in [6.45, 7) is 3.90. The lowest BCUT2D eigenvalue weighted by Gasteiger charge is -2.25. The Morgan fingerprint density at radius 2 is 1.88 bits per heavy atom. The van der Waals surface area contributed by atoms with Gasteiger partial charge in [0.15, 0.2) is 0 Å². The molecular formula is C23H28N4O4S. The summed E-state index contributed by atoms with van der Waals surface area (Å²) in [4.78, 5) is 43.5. The SMILES string of the molecule is CC(C)C[C@H](NC(=O)c1cc2ccccc2[nH]1)C(=O)N[C@@H](Cc1ccc[nH]c1=O)[C@@H](O)S. The second-order valence-electron chi connectivity index (χ2n) is 8.18. The number of amides is 2. The van der Waals surface area contributed by atoms with Gasteiger partial charge in [-0.2, -0.15) is 0 Å². The molecule has 9 heteroatoms. The van der Waals surface area contributed by atoms with Gasteiger partial charge in [0, 0.05) is 29.1 Å². The van der Waals surface area contributed by atoms with Gasteiger partial charge in [-0.3, -0.25) is 14.4 Å². The average Bonchev–Trinajstić information content (AvgIpc) is 3.18. The third kappa shape index (κ3) is 6.02. The number of aliphatic hydroxyl groups is 1. The predicted octanol–water partition coefficient (Wildman–Crippen LogP) is 1.98. The highest BCUT2D eigenvalue weighted by Crippen LogP contribution is 2.15. The van der Waals surface area contributed by atoms with Crippen LogP contribution in [0.4, 0.5) is 0 Å². The van der Waals surface area contributed by atoms with E-state index < -0.39 is 29.3 Å². The van der Waals surface area contributed by atoms with Crippen molar-refractivity contribution in [3.63, 3.8) is 0 Å². The van der Waals surface area contributed by atoms with Gasteiger partial charge in [-0.15, -0.1) is 12.6 Å². The van der Waals surface area contributed by atoms with Crippen LogP contribution in [-0.2, 0) is 11.2 Å². The Morgan fingerprint density at radius 3 is 2.53 bits per heavy atom. The first-order valence-corrected chi connectivity index (χ1v) is 11.0. The molecule has 3 aromatic rings. The number of carbonyl (C=O) groups is 2. The molecule has 0 saturated heterocycles. The highest BCUT2D eigenvalue weighted by atomic mass is 32.1. The lowest BCUT2D eigenvalue weighted by atomic mass is 10.0. The van der Waals surface area contributed by atoms with E-state index in [1.807, 2.05) is 38.1 Å². The number of nitrogens with one attached hydrogen (secondary N) is 4. The molecule has 2 aromatic heterocycles. The van der Waals surface area contributed by atoms with Crippen LogP contribution in [-0.4, -0.2) is 44.4 Å². The molecule has 32 heavy (non-hydrogen) atoms. The summed E-state index contributed by atoms with van der Waals surface area (Å²) in [6, 6.07) is 10.9. The van der Waals surface area contributed by atoms with E-state index in [0.717, 1.165) is 10.9 Å². The molecule has 0 saturated carbocycles. The van der Waals surface area contributed by atoms with Crippen LogP contribution in [0.15, 0.2) is 53.5 Å². The van der Waals surface area contributed by atoms with E-state index in [9.17, 15) is 19.5 Å². The summed E-state index contributed by atoms with van der Waals surface area (Å²) < 4.78 is 0. The van der Waals surface area contributed by atoms with Gasteiger partial charge < -0.3 is 25.7 Å². The minimum absolute atomic E-state index is 0.0942. The van der Waals surface area contributed by atoms with E-state index in [1.165, 1.54) is 6.20 Å². The van der Waals surface area contributed by atoms with Crippen LogP contribution in [0.5, 0.6) is 0 Å². The summed E-state index contributed by atoms with van der Waals surface area (Å²) >= 11 is 4.06. The number of hydrogen-bond acceptors (Lipinski definition) is 5. The molecule has 5 N–H and O–H groups in total. The monoisotopic (exact) mass is 456 g/mol. The highest BCUT2D eigenvalue weighted by molar-refractivity contribution is 7.80. The van der Waals surface area contributed by atoms with Crippen molar-refractivity contribution in [1.82, 2.24) is 20.6 Å². The van der Waals surface area contributed by atoms with Crippen molar-refractivity contribution in [3.8, 4) is 0 Å². The molecular weight excluding hydrogens is 428 g/mol. The Hall–Kier alpha value is -3.04. The zero-order chi connectivity index (χ0) is 23.3. The molecule has 0 aliphatic heterocycles. The van der Waals surface area contributed by atoms with Crippen molar-refractivity contribution in [2.75, 3.05) is 0 Å². The number of para-hydroxylation sites is 1. The molecule has 2 heterocycles. The maximum atomic E-state index is 13.0. The Labute approximate surface area is 191 Å². The smallest absolute Gasteiger partial charge is 0.268 e. The molecule has 3 rings (SSSR count). The van der Waals surface area contributed by atoms with Crippen LogP contribution < -0.4 is 16.2 Å². The lowest BCUT2D eigenvalue weighted by Crippen LogP contribution is -2.53. The topological polar surface area (TPSA) is 127 Å². The summed E-state index contributed by atoms with van der Waals surface area (Å²) in [7, 11) is 0. The number of hydrogen-bond donors (Lipinski definition) is 6. The Bertz CT molecular complexity index is 1100. The first kappa shape index (κ1) is 23.6. The standard InChI is InChI=1S/C23H28N4O4S/c1-13(2)10-17(26-22(30)18-11-14-6-3-4-8-16(14)25-18)21(29)27-19(23(31)32)12-15-7-5-9-24-20(15)28/h3-9,11,13,17,19,23,25,31-32H,10,12H2,1-2H3,(H,24,28)(H,26,30)(H,27,29)/t17-,19-,23-/m0/s1. The fourth-order valence-corrected chi connectivity index (χ4v) is 3.68. The van der Waals surface area contributed by atoms with Gasteiger partial charge >= 0.3 is 0 Å². The molecule has 1 aromatic carbocycles. The maximum absolute atomic E-state index is 13.0. The van der Waals surface area contributed by atoms with Gasteiger partial charge in [0.05, 0.1) is 6.04 Å². The van der Waals surface area contributed by atoms with Gasteiger partial charge in [0.25, 0.3) is 11.5 Å². The quantitative estimate of drug-likeness (QED) is 0.217. The zero-order valence-electron chi connectivity index (χ0n) is 18.0. The first-order chi connectivity index (χ1) is 15.2. The molecule has 3 atom stereocenters. The van der Waals surface area contributed by atoms with Crippen molar-refractivity contribution < 1.29 is 14.7 Å². The van der Waals surface area contributed by atoms with E-state index >= 15 is 0 Å². The van der Waals surface area contributed by atoms with Crippen molar-refractivity contribution in [3.05, 3.63) is 70.3 Å². The normalized spacial score (nSPS) is 14.2. The molecule has 0 radical (unpaired) electrons. The third-order valence-electron chi connectivity index (χ3n) is 5.13. The second-order valence-corrected chi connectivity index (χ2v) is 8.71. The van der Waals surface area contributed by atoms with E-state index in [2.05, 4.69) is 33.2 Å². The van der Waals surface area contributed by atoms with E-state index in [0.29, 0.717) is 17.7 Å². The van der Waals surface area contributed by atoms with Crippen LogP contribution in [0.1, 0.15) is 36.3 Å². The van der Waals surface area contributed by atoms with Crippen molar-refractivity contribution in [1.29, 1.82) is 0 Å². The van der Waals surface area contributed by atoms with E-state index in [-0.39, 0.29) is 17.9 Å². The van der Waals surface area contributed by atoms with Gasteiger partial charge in [-0.05, 0) is 30.5 Å². The fourth-order valence-electron chi connectivity index (χ4n) is 3.50. The number of benzene rings is 1. The maximum Gasteiger partial charge on any atom is 0.268 e. The van der Waals surface area contributed by atoms with Gasteiger partial charge in [-0.25, -0.2) is 0 Å². The summed E-state index contributed by atoms with van der Waals surface area (Å²) in [5.74, 6) is -0.719. The second kappa shape index (κ2) is 10.5. The number of rotatable bonds is 9. The molecule has 170 valence electrons. The van der Waals surface area contributed by atoms with E-state index in [1.54, 1.807) is 18.2 Å². The Morgan fingerprint density at radius 1 is 1.12 bits per heavy atom. The van der Waals surface area contributed by atoms with Gasteiger partial charge in [0.2, 0.25) is 5.91 Å². The number of aromatic amines is 2. The van der Waals surface area contributed by atoms with Crippen molar-refractivity contribution in [2.24, 2.45) is 5.92 Å². The van der Waals surface area contributed by atoms with Crippen LogP contribution in [0.25, 0.3) is 10.9 Å². The van der Waals surface area contributed by atoms with Gasteiger partial charge in [0.1, 0.15) is 17.2 Å². The molecule has 2 amide bonds. The molecule has 8 nitrogen and oxygen atoms in total. The molecule has 0 fully saturated rings. The predicted molar refractivity (Wildman–Crippen MR) is 127 cm³/mol. The minimum atomic E-state index is -1.19. The number of carbonyl (C=O) groups excluding carboxylic acids is 2. The van der Waals surface area contributed by atoms with Crippen LogP contribution >= 0.6 is 12.6 Å². The zero-order valence-corrected chi connectivity index (χ0v) is 18.9. The number of aliphatic hydroxyl groups excluding tert-OH is 1. The number of aromatic nitrogens is 2. The minimum Gasteiger partial charge on any atom is -0.381 e. The number of H-pyrrole nitrogens is 2. The summed E-state index contributed by atoms with van der Waals surface area (Å²) in [5, 5.41) is 16.5. The molecule has 0 aliphatic carbocycles. The highest BCUT2D eigenvalue weighted by Gasteiger charge is 2.27.